The molecule has 0 aliphatic heterocycles. The molecule has 1 aromatic carbocycles. The molecule has 0 aliphatic rings. The van der Waals surface area contributed by atoms with Crippen molar-refractivity contribution in [1.82, 2.24) is 14.4 Å². The highest BCUT2D eigenvalue weighted by Crippen LogP contribution is 2.31. The van der Waals surface area contributed by atoms with Crippen LogP contribution in [0, 0.1) is 6.92 Å². The number of nitrogens with zero attached hydrogens (tertiary/aromatic N) is 3. The molecule has 5 rings (SSSR count). The lowest BCUT2D eigenvalue weighted by atomic mass is 10.1. The largest absolute Gasteiger partial charge is 0.463 e. The number of nitrogens with one attached hydrogen (secondary N) is 1. The molecule has 0 amide bonds. The summed E-state index contributed by atoms with van der Waals surface area (Å²) in [5.41, 5.74) is 4.84. The van der Waals surface area contributed by atoms with Gasteiger partial charge in [0.05, 0.1) is 6.26 Å². The number of para-hydroxylation sites is 1. The third-order valence-corrected chi connectivity index (χ3v) is 4.52. The molecule has 1 N–H and O–H groups in total. The van der Waals surface area contributed by atoms with Crippen LogP contribution in [0.2, 0.25) is 0 Å². The molecule has 0 radical (unpaired) electrons. The highest BCUT2D eigenvalue weighted by molar-refractivity contribution is 6.01. The molecule has 0 spiro atoms. The summed E-state index contributed by atoms with van der Waals surface area (Å²) in [6.07, 6.45) is 5.51. The molecule has 0 unspecified atom stereocenters. The third-order valence-electron chi connectivity index (χ3n) is 4.52. The number of pyridine rings is 1. The van der Waals surface area contributed by atoms with Gasteiger partial charge in [0, 0.05) is 34.6 Å². The number of furan rings is 1. The van der Waals surface area contributed by atoms with Crippen molar-refractivity contribution in [2.75, 3.05) is 0 Å². The van der Waals surface area contributed by atoms with E-state index in [2.05, 4.69) is 29.0 Å². The molecule has 4 aromatic heterocycles. The third kappa shape index (κ3) is 2.25. The average molecular weight is 340 g/mol. The Labute approximate surface area is 149 Å². The van der Waals surface area contributed by atoms with Gasteiger partial charge < -0.3 is 9.40 Å². The lowest BCUT2D eigenvalue weighted by molar-refractivity contribution is 0.580. The van der Waals surface area contributed by atoms with Crippen molar-refractivity contribution in [2.24, 2.45) is 4.99 Å². The van der Waals surface area contributed by atoms with Crippen molar-refractivity contribution in [1.29, 1.82) is 0 Å². The first-order valence-corrected chi connectivity index (χ1v) is 8.43. The van der Waals surface area contributed by atoms with Crippen LogP contribution in [0.3, 0.4) is 0 Å². The van der Waals surface area contributed by atoms with Gasteiger partial charge in [-0.05, 0) is 37.3 Å². The van der Waals surface area contributed by atoms with E-state index in [1.165, 1.54) is 0 Å². The summed E-state index contributed by atoms with van der Waals surface area (Å²) in [5.74, 6) is 1.46. The summed E-state index contributed by atoms with van der Waals surface area (Å²) >= 11 is 0. The predicted molar refractivity (Wildman–Crippen MR) is 103 cm³/mol. The standard InChI is InChI=1S/C21H16N4O/c1-14-16(15-7-2-3-8-17(15)23-14)13-22-21-20(18-9-6-12-26-18)24-19-10-4-5-11-25(19)21/h2-13,23H,1H3. The number of fused-ring (bicyclic) bond motifs is 2. The fraction of sp³-hybridized carbons (Fsp3) is 0.0476. The van der Waals surface area contributed by atoms with E-state index in [-0.39, 0.29) is 0 Å². The molecule has 0 aliphatic carbocycles. The summed E-state index contributed by atoms with van der Waals surface area (Å²) < 4.78 is 7.54. The first kappa shape index (κ1) is 14.7. The van der Waals surface area contributed by atoms with E-state index in [0.717, 1.165) is 39.3 Å². The predicted octanol–water partition coefficient (Wildman–Crippen LogP) is 5.13. The van der Waals surface area contributed by atoms with E-state index < -0.39 is 0 Å². The van der Waals surface area contributed by atoms with E-state index in [1.807, 2.05) is 59.3 Å². The van der Waals surface area contributed by atoms with Crippen LogP contribution in [-0.4, -0.2) is 20.6 Å². The van der Waals surface area contributed by atoms with Crippen molar-refractivity contribution in [3.8, 4) is 11.5 Å². The molecule has 5 nitrogen and oxygen atoms in total. The van der Waals surface area contributed by atoms with Gasteiger partial charge in [-0.25, -0.2) is 9.98 Å². The second-order valence-electron chi connectivity index (χ2n) is 6.16. The van der Waals surface area contributed by atoms with Gasteiger partial charge in [0.2, 0.25) is 0 Å². The molecule has 5 heteroatoms. The highest BCUT2D eigenvalue weighted by atomic mass is 16.3. The molecule has 126 valence electrons. The molecule has 5 aromatic rings. The molecule has 26 heavy (non-hydrogen) atoms. The summed E-state index contributed by atoms with van der Waals surface area (Å²) in [4.78, 5) is 12.9. The van der Waals surface area contributed by atoms with E-state index in [0.29, 0.717) is 5.76 Å². The van der Waals surface area contributed by atoms with Gasteiger partial charge in [-0.3, -0.25) is 4.40 Å². The lowest BCUT2D eigenvalue weighted by Gasteiger charge is -1.98. The van der Waals surface area contributed by atoms with Crippen molar-refractivity contribution in [3.05, 3.63) is 78.3 Å². The Kier molecular flexibility index (Phi) is 3.25. The SMILES string of the molecule is Cc1[nH]c2ccccc2c1C=Nc1c(-c2ccco2)nc2ccccn12. The van der Waals surface area contributed by atoms with Gasteiger partial charge in [0.15, 0.2) is 17.3 Å². The van der Waals surface area contributed by atoms with Gasteiger partial charge in [0.1, 0.15) is 5.65 Å². The zero-order chi connectivity index (χ0) is 17.5. The quantitative estimate of drug-likeness (QED) is 0.463. The van der Waals surface area contributed by atoms with Crippen LogP contribution in [0.25, 0.3) is 28.0 Å². The number of aromatic amines is 1. The summed E-state index contributed by atoms with van der Waals surface area (Å²) in [6, 6.07) is 17.9. The monoisotopic (exact) mass is 340 g/mol. The van der Waals surface area contributed by atoms with E-state index >= 15 is 0 Å². The maximum atomic E-state index is 5.56. The van der Waals surface area contributed by atoms with Gasteiger partial charge in [-0.15, -0.1) is 0 Å². The van der Waals surface area contributed by atoms with Crippen molar-refractivity contribution in [2.45, 2.75) is 6.92 Å². The van der Waals surface area contributed by atoms with Gasteiger partial charge >= 0.3 is 0 Å². The van der Waals surface area contributed by atoms with E-state index in [1.54, 1.807) is 6.26 Å². The van der Waals surface area contributed by atoms with Crippen LogP contribution in [0.5, 0.6) is 0 Å². The Hall–Kier alpha value is -3.60. The number of aliphatic imine (C=N–C) groups is 1. The van der Waals surface area contributed by atoms with E-state index in [9.17, 15) is 0 Å². The van der Waals surface area contributed by atoms with Crippen LogP contribution in [0.4, 0.5) is 5.82 Å². The number of hydrogen-bond acceptors (Lipinski definition) is 3. The Morgan fingerprint density at radius 3 is 2.85 bits per heavy atom. The molecule has 4 heterocycles. The number of aryl methyl sites for hydroxylation is 1. The minimum Gasteiger partial charge on any atom is -0.463 e. The first-order chi connectivity index (χ1) is 12.8. The minimum absolute atomic E-state index is 0.705. The van der Waals surface area contributed by atoms with Crippen LogP contribution in [0.15, 0.2) is 76.5 Å². The van der Waals surface area contributed by atoms with Crippen LogP contribution in [0.1, 0.15) is 11.3 Å². The molecular weight excluding hydrogens is 324 g/mol. The normalized spacial score (nSPS) is 11.9. The lowest BCUT2D eigenvalue weighted by Crippen LogP contribution is -1.86. The number of H-pyrrole nitrogens is 1. The topological polar surface area (TPSA) is 58.6 Å². The minimum atomic E-state index is 0.705. The second-order valence-corrected chi connectivity index (χ2v) is 6.16. The number of imidazole rings is 1. The Balaban J connectivity index is 1.70. The maximum Gasteiger partial charge on any atom is 0.168 e. The van der Waals surface area contributed by atoms with Crippen molar-refractivity contribution >= 4 is 28.6 Å². The average Bonchev–Trinajstić information content (AvgIpc) is 3.37. The number of aromatic nitrogens is 3. The van der Waals surface area contributed by atoms with Crippen LogP contribution < -0.4 is 0 Å². The Morgan fingerprint density at radius 1 is 1.08 bits per heavy atom. The maximum absolute atomic E-state index is 5.56. The van der Waals surface area contributed by atoms with Gasteiger partial charge in [-0.2, -0.15) is 0 Å². The first-order valence-electron chi connectivity index (χ1n) is 8.43. The van der Waals surface area contributed by atoms with Crippen LogP contribution >= 0.6 is 0 Å². The number of hydrogen-bond donors (Lipinski definition) is 1. The second kappa shape index (κ2) is 5.74. The van der Waals surface area contributed by atoms with Crippen LogP contribution in [-0.2, 0) is 0 Å². The van der Waals surface area contributed by atoms with Gasteiger partial charge in [-0.1, -0.05) is 24.3 Å². The van der Waals surface area contributed by atoms with Gasteiger partial charge in [0.25, 0.3) is 0 Å². The summed E-state index contributed by atoms with van der Waals surface area (Å²) in [6.45, 7) is 2.06. The fourth-order valence-corrected chi connectivity index (χ4v) is 3.28. The fourth-order valence-electron chi connectivity index (χ4n) is 3.28. The van der Waals surface area contributed by atoms with Crippen molar-refractivity contribution < 1.29 is 4.42 Å². The molecule has 0 saturated carbocycles. The molecule has 0 saturated heterocycles. The highest BCUT2D eigenvalue weighted by Gasteiger charge is 2.15. The number of rotatable bonds is 3. The molecule has 0 bridgehead atoms. The summed E-state index contributed by atoms with van der Waals surface area (Å²) in [7, 11) is 0. The zero-order valence-corrected chi connectivity index (χ0v) is 14.2. The zero-order valence-electron chi connectivity index (χ0n) is 14.2. The Bertz CT molecular complexity index is 1240. The van der Waals surface area contributed by atoms with Crippen molar-refractivity contribution in [3.63, 3.8) is 0 Å². The summed E-state index contributed by atoms with van der Waals surface area (Å²) in [5, 5.41) is 1.15. The Morgan fingerprint density at radius 2 is 1.96 bits per heavy atom. The molecule has 0 fully saturated rings. The molecule has 0 atom stereocenters. The van der Waals surface area contributed by atoms with E-state index in [4.69, 9.17) is 9.41 Å². The number of benzene rings is 1. The smallest absolute Gasteiger partial charge is 0.168 e. The molecular formula is C21H16N4O.